The third-order valence-corrected chi connectivity index (χ3v) is 5.35. The zero-order chi connectivity index (χ0) is 17.8. The third kappa shape index (κ3) is 3.65. The number of thiophene rings is 1. The molecular weight excluding hydrogens is 338 g/mol. The molecule has 1 atom stereocenters. The lowest BCUT2D eigenvalue weighted by atomic mass is 9.91. The molecule has 0 unspecified atom stereocenters. The van der Waals surface area contributed by atoms with E-state index in [2.05, 4.69) is 22.4 Å². The van der Waals surface area contributed by atoms with Gasteiger partial charge in [0.1, 0.15) is 0 Å². The van der Waals surface area contributed by atoms with Crippen LogP contribution in [0.15, 0.2) is 29.6 Å². The lowest BCUT2D eigenvalue weighted by molar-refractivity contribution is -0.144. The predicted molar refractivity (Wildman–Crippen MR) is 97.6 cm³/mol. The van der Waals surface area contributed by atoms with Gasteiger partial charge in [-0.2, -0.15) is 0 Å². The number of hydrogen-bond donors (Lipinski definition) is 0. The maximum absolute atomic E-state index is 12.1. The maximum atomic E-state index is 12.1. The molecule has 1 aromatic carbocycles. The van der Waals surface area contributed by atoms with E-state index in [4.69, 9.17) is 14.2 Å². The van der Waals surface area contributed by atoms with Crippen LogP contribution in [-0.4, -0.2) is 44.8 Å². The summed E-state index contributed by atoms with van der Waals surface area (Å²) in [5.41, 5.74) is 2.40. The first-order valence-corrected chi connectivity index (χ1v) is 9.23. The van der Waals surface area contributed by atoms with Gasteiger partial charge in [0.25, 0.3) is 0 Å². The van der Waals surface area contributed by atoms with Crippen LogP contribution >= 0.6 is 11.3 Å². The first-order valence-electron chi connectivity index (χ1n) is 8.35. The Labute approximate surface area is 152 Å². The number of fused-ring (bicyclic) bond motifs is 1. The summed E-state index contributed by atoms with van der Waals surface area (Å²) in [6.45, 7) is 3.31. The molecule has 0 amide bonds. The van der Waals surface area contributed by atoms with Crippen molar-refractivity contribution in [2.45, 2.75) is 19.4 Å². The number of carbonyl (C=O) groups is 1. The van der Waals surface area contributed by atoms with Crippen LogP contribution in [0, 0.1) is 0 Å². The van der Waals surface area contributed by atoms with Gasteiger partial charge in [0, 0.05) is 11.4 Å². The second-order valence-electron chi connectivity index (χ2n) is 5.85. The van der Waals surface area contributed by atoms with Crippen molar-refractivity contribution < 1.29 is 19.0 Å². The van der Waals surface area contributed by atoms with E-state index < -0.39 is 0 Å². The highest BCUT2D eigenvalue weighted by Crippen LogP contribution is 2.42. The third-order valence-electron chi connectivity index (χ3n) is 4.42. The monoisotopic (exact) mass is 361 g/mol. The Balaban J connectivity index is 2.01. The largest absolute Gasteiger partial charge is 0.493 e. The molecule has 1 aliphatic rings. The first kappa shape index (κ1) is 17.8. The van der Waals surface area contributed by atoms with Gasteiger partial charge in [-0.15, -0.1) is 11.3 Å². The topological polar surface area (TPSA) is 48.0 Å². The molecule has 6 heteroatoms. The summed E-state index contributed by atoms with van der Waals surface area (Å²) in [4.78, 5) is 15.4. The summed E-state index contributed by atoms with van der Waals surface area (Å²) >= 11 is 1.69. The lowest BCUT2D eigenvalue weighted by Crippen LogP contribution is -2.39. The van der Waals surface area contributed by atoms with Gasteiger partial charge in [-0.25, -0.2) is 0 Å². The molecule has 134 valence electrons. The molecule has 0 spiro atoms. The smallest absolute Gasteiger partial charge is 0.320 e. The van der Waals surface area contributed by atoms with Gasteiger partial charge in [-0.05, 0) is 48.1 Å². The number of nitrogens with zero attached hydrogens (tertiary/aromatic N) is 1. The number of benzene rings is 1. The molecule has 0 aliphatic carbocycles. The van der Waals surface area contributed by atoms with Crippen LogP contribution in [-0.2, 0) is 16.0 Å². The van der Waals surface area contributed by atoms with Crippen molar-refractivity contribution >= 4 is 17.3 Å². The average Bonchev–Trinajstić information content (AvgIpc) is 3.14. The Bertz CT molecular complexity index is 729. The molecule has 0 radical (unpaired) electrons. The molecule has 1 aliphatic heterocycles. The van der Waals surface area contributed by atoms with Gasteiger partial charge in [0.2, 0.25) is 0 Å². The lowest BCUT2D eigenvalue weighted by Gasteiger charge is -2.36. The Morgan fingerprint density at radius 2 is 2.04 bits per heavy atom. The predicted octanol–water partition coefficient (Wildman–Crippen LogP) is 3.28. The minimum Gasteiger partial charge on any atom is -0.493 e. The Kier molecular flexibility index (Phi) is 5.60. The zero-order valence-corrected chi connectivity index (χ0v) is 15.6. The normalized spacial score (nSPS) is 17.0. The van der Waals surface area contributed by atoms with Crippen molar-refractivity contribution in [3.8, 4) is 11.5 Å². The van der Waals surface area contributed by atoms with Gasteiger partial charge in [-0.1, -0.05) is 6.07 Å². The van der Waals surface area contributed by atoms with E-state index in [0.717, 1.165) is 24.3 Å². The molecule has 1 aromatic heterocycles. The van der Waals surface area contributed by atoms with Gasteiger partial charge >= 0.3 is 5.97 Å². The van der Waals surface area contributed by atoms with E-state index >= 15 is 0 Å². The number of esters is 1. The molecule has 25 heavy (non-hydrogen) atoms. The van der Waals surface area contributed by atoms with Gasteiger partial charge < -0.3 is 14.2 Å². The molecular formula is C19H23NO4S. The summed E-state index contributed by atoms with van der Waals surface area (Å²) in [6, 6.07) is 8.26. The first-order chi connectivity index (χ1) is 12.2. The molecule has 2 aromatic rings. The van der Waals surface area contributed by atoms with E-state index in [1.165, 1.54) is 10.4 Å². The number of methoxy groups -OCH3 is 2. The van der Waals surface area contributed by atoms with Crippen molar-refractivity contribution in [2.24, 2.45) is 0 Å². The molecule has 0 fully saturated rings. The molecule has 0 saturated carbocycles. The van der Waals surface area contributed by atoms with E-state index in [-0.39, 0.29) is 18.6 Å². The molecule has 0 bridgehead atoms. The number of hydrogen-bond acceptors (Lipinski definition) is 6. The van der Waals surface area contributed by atoms with Crippen LogP contribution in [0.2, 0.25) is 0 Å². The number of carbonyl (C=O) groups excluding carboxylic acids is 1. The molecule has 2 heterocycles. The Morgan fingerprint density at radius 1 is 1.28 bits per heavy atom. The van der Waals surface area contributed by atoms with Crippen LogP contribution in [0.25, 0.3) is 0 Å². The fourth-order valence-electron chi connectivity index (χ4n) is 3.32. The van der Waals surface area contributed by atoms with E-state index in [9.17, 15) is 4.79 Å². The van der Waals surface area contributed by atoms with Crippen molar-refractivity contribution in [3.63, 3.8) is 0 Å². The molecule has 0 N–H and O–H groups in total. The second-order valence-corrected chi connectivity index (χ2v) is 6.83. The highest BCUT2D eigenvalue weighted by molar-refractivity contribution is 7.10. The van der Waals surface area contributed by atoms with Gasteiger partial charge in [-0.3, -0.25) is 9.69 Å². The quantitative estimate of drug-likeness (QED) is 0.739. The van der Waals surface area contributed by atoms with Gasteiger partial charge in [0.15, 0.2) is 11.5 Å². The summed E-state index contributed by atoms with van der Waals surface area (Å²) < 4.78 is 16.1. The molecule has 0 saturated heterocycles. The Hall–Kier alpha value is -2.05. The van der Waals surface area contributed by atoms with Crippen LogP contribution in [0.3, 0.4) is 0 Å². The van der Waals surface area contributed by atoms with Crippen LogP contribution in [0.1, 0.15) is 29.0 Å². The average molecular weight is 361 g/mol. The van der Waals surface area contributed by atoms with E-state index in [0.29, 0.717) is 12.4 Å². The Morgan fingerprint density at radius 3 is 2.68 bits per heavy atom. The fraction of sp³-hybridized carbons (Fsp3) is 0.421. The van der Waals surface area contributed by atoms with E-state index in [1.807, 2.05) is 19.1 Å². The van der Waals surface area contributed by atoms with Gasteiger partial charge in [0.05, 0.1) is 33.4 Å². The highest BCUT2D eigenvalue weighted by atomic mass is 32.1. The summed E-state index contributed by atoms with van der Waals surface area (Å²) in [5.74, 6) is 1.26. The number of rotatable bonds is 6. The van der Waals surface area contributed by atoms with Crippen LogP contribution < -0.4 is 9.47 Å². The van der Waals surface area contributed by atoms with Crippen molar-refractivity contribution in [2.75, 3.05) is 33.9 Å². The summed E-state index contributed by atoms with van der Waals surface area (Å²) in [5, 5.41) is 2.06. The second kappa shape index (κ2) is 7.89. The van der Waals surface area contributed by atoms with Crippen molar-refractivity contribution in [3.05, 3.63) is 45.6 Å². The summed E-state index contributed by atoms with van der Waals surface area (Å²) in [6.07, 6.45) is 0.858. The standard InChI is InChI=1S/C19H23NO4S/c1-4-24-18(21)12-20-8-7-13-10-15(22-2)16(23-3)11-14(13)19(20)17-6-5-9-25-17/h5-6,9-11,19H,4,7-8,12H2,1-3H3/t19-/m1/s1. The fourth-order valence-corrected chi connectivity index (χ4v) is 4.20. The van der Waals surface area contributed by atoms with Crippen LogP contribution in [0.5, 0.6) is 11.5 Å². The maximum Gasteiger partial charge on any atom is 0.320 e. The zero-order valence-electron chi connectivity index (χ0n) is 14.8. The molecule has 5 nitrogen and oxygen atoms in total. The summed E-state index contributed by atoms with van der Waals surface area (Å²) in [7, 11) is 3.29. The minimum atomic E-state index is -0.187. The highest BCUT2D eigenvalue weighted by Gasteiger charge is 2.32. The SMILES string of the molecule is CCOC(=O)CN1CCc2cc(OC)c(OC)cc2[C@@H]1c1cccs1. The van der Waals surface area contributed by atoms with Crippen molar-refractivity contribution in [1.29, 1.82) is 0 Å². The molecule has 3 rings (SSSR count). The van der Waals surface area contributed by atoms with Crippen LogP contribution in [0.4, 0.5) is 0 Å². The van der Waals surface area contributed by atoms with E-state index in [1.54, 1.807) is 25.6 Å². The van der Waals surface area contributed by atoms with Crippen molar-refractivity contribution in [1.82, 2.24) is 4.90 Å². The minimum absolute atomic E-state index is 0.0213. The number of ether oxygens (including phenoxy) is 3.